The average Bonchev–Trinajstić information content (AvgIpc) is 2.37. The van der Waals surface area contributed by atoms with Crippen molar-refractivity contribution in [2.45, 2.75) is 58.4 Å². The van der Waals surface area contributed by atoms with Crippen LogP contribution in [0, 0.1) is 0 Å². The second-order valence-electron chi connectivity index (χ2n) is 4.91. The van der Waals surface area contributed by atoms with Crippen LogP contribution < -0.4 is 10.6 Å². The van der Waals surface area contributed by atoms with Gasteiger partial charge in [0.15, 0.2) is 0 Å². The maximum atomic E-state index is 11.5. The summed E-state index contributed by atoms with van der Waals surface area (Å²) in [6.07, 6.45) is 4.37. The van der Waals surface area contributed by atoms with E-state index in [0.717, 1.165) is 25.9 Å². The van der Waals surface area contributed by atoms with Gasteiger partial charge in [0.05, 0.1) is 0 Å². The summed E-state index contributed by atoms with van der Waals surface area (Å²) in [4.78, 5) is 21.9. The first-order valence-electron chi connectivity index (χ1n) is 7.40. The summed E-state index contributed by atoms with van der Waals surface area (Å²) in [5.74, 6) is -0.801. The average molecular weight is 288 g/mol. The van der Waals surface area contributed by atoms with Crippen molar-refractivity contribution in [3.05, 3.63) is 0 Å². The molecule has 0 rings (SSSR count). The van der Waals surface area contributed by atoms with Crippen LogP contribution in [-0.2, 0) is 9.53 Å². The number of amides is 2. The van der Waals surface area contributed by atoms with E-state index in [4.69, 9.17) is 9.84 Å². The number of carbonyl (C=O) groups is 2. The zero-order valence-corrected chi connectivity index (χ0v) is 12.6. The number of unbranched alkanes of at least 4 members (excludes halogenated alkanes) is 1. The molecule has 0 aromatic carbocycles. The highest BCUT2D eigenvalue weighted by Crippen LogP contribution is 2.00. The van der Waals surface area contributed by atoms with E-state index in [-0.39, 0.29) is 18.5 Å². The number of rotatable bonds is 12. The van der Waals surface area contributed by atoms with E-state index in [2.05, 4.69) is 17.6 Å². The number of carboxylic acid groups (broad SMARTS) is 1. The molecule has 118 valence electrons. The fraction of sp³-hybridized carbons (Fsp3) is 0.857. The maximum Gasteiger partial charge on any atom is 0.314 e. The summed E-state index contributed by atoms with van der Waals surface area (Å²) in [6, 6.07) is -0.225. The predicted molar refractivity (Wildman–Crippen MR) is 77.8 cm³/mol. The molecule has 1 unspecified atom stereocenters. The van der Waals surface area contributed by atoms with Crippen LogP contribution in [0.5, 0.6) is 0 Å². The monoisotopic (exact) mass is 288 g/mol. The number of nitrogens with one attached hydrogen (secondary N) is 2. The number of carbonyl (C=O) groups excluding carboxylic acids is 1. The predicted octanol–water partition coefficient (Wildman–Crippen LogP) is 2.14. The van der Waals surface area contributed by atoms with E-state index in [1.165, 1.54) is 0 Å². The van der Waals surface area contributed by atoms with Crippen LogP contribution in [0.3, 0.4) is 0 Å². The van der Waals surface area contributed by atoms with Crippen LogP contribution in [0.1, 0.15) is 52.4 Å². The third-order valence-electron chi connectivity index (χ3n) is 2.80. The summed E-state index contributed by atoms with van der Waals surface area (Å²) in [6.45, 7) is 6.01. The Bertz CT molecular complexity index is 272. The summed E-state index contributed by atoms with van der Waals surface area (Å²) < 4.78 is 5.39. The van der Waals surface area contributed by atoms with Gasteiger partial charge in [-0.1, -0.05) is 13.3 Å². The molecule has 0 aliphatic heterocycles. The Hall–Kier alpha value is -1.30. The molecule has 0 aliphatic carbocycles. The van der Waals surface area contributed by atoms with Crippen molar-refractivity contribution in [3.63, 3.8) is 0 Å². The third-order valence-corrected chi connectivity index (χ3v) is 2.80. The molecule has 0 spiro atoms. The molecular formula is C14H28N2O4. The Kier molecular flexibility index (Phi) is 11.9. The summed E-state index contributed by atoms with van der Waals surface area (Å²) in [7, 11) is 0. The molecule has 0 aliphatic rings. The molecule has 20 heavy (non-hydrogen) atoms. The highest BCUT2D eigenvalue weighted by molar-refractivity contribution is 5.74. The lowest BCUT2D eigenvalue weighted by Gasteiger charge is -2.14. The third kappa shape index (κ3) is 13.1. The van der Waals surface area contributed by atoms with E-state index in [0.29, 0.717) is 26.0 Å². The minimum absolute atomic E-state index is 0.0184. The first kappa shape index (κ1) is 18.7. The maximum absolute atomic E-state index is 11.5. The quantitative estimate of drug-likeness (QED) is 0.480. The first-order valence-corrected chi connectivity index (χ1v) is 7.40. The number of carboxylic acids is 1. The lowest BCUT2D eigenvalue weighted by molar-refractivity contribution is -0.137. The summed E-state index contributed by atoms with van der Waals surface area (Å²) >= 11 is 0. The molecule has 0 heterocycles. The van der Waals surface area contributed by atoms with Gasteiger partial charge in [-0.25, -0.2) is 4.79 Å². The van der Waals surface area contributed by atoms with Crippen LogP contribution in [0.15, 0.2) is 0 Å². The smallest absolute Gasteiger partial charge is 0.314 e. The van der Waals surface area contributed by atoms with Gasteiger partial charge >= 0.3 is 12.0 Å². The van der Waals surface area contributed by atoms with Gasteiger partial charge in [0.2, 0.25) is 0 Å². The molecule has 1 atom stereocenters. The molecule has 0 aromatic rings. The standard InChI is InChI=1S/C14H28N2O4/c1-3-4-10-20-11-6-9-15-14(19)16-12(2)7-5-8-13(17)18/h12H,3-11H2,1-2H3,(H,17,18)(H2,15,16,19). The molecule has 0 bridgehead atoms. The van der Waals surface area contributed by atoms with Gasteiger partial charge in [0.1, 0.15) is 0 Å². The minimum Gasteiger partial charge on any atom is -0.481 e. The SMILES string of the molecule is CCCCOCCCNC(=O)NC(C)CCCC(=O)O. The van der Waals surface area contributed by atoms with Crippen LogP contribution in [0.2, 0.25) is 0 Å². The van der Waals surface area contributed by atoms with Crippen LogP contribution >= 0.6 is 0 Å². The fourth-order valence-electron chi connectivity index (χ4n) is 1.63. The number of hydrogen-bond acceptors (Lipinski definition) is 3. The van der Waals surface area contributed by atoms with E-state index < -0.39 is 5.97 Å². The Labute approximate surface area is 121 Å². The Morgan fingerprint density at radius 2 is 1.90 bits per heavy atom. The van der Waals surface area contributed by atoms with Crippen LogP contribution in [0.4, 0.5) is 4.79 Å². The number of urea groups is 1. The van der Waals surface area contributed by atoms with Crippen molar-refractivity contribution in [2.75, 3.05) is 19.8 Å². The van der Waals surface area contributed by atoms with Crippen molar-refractivity contribution in [1.29, 1.82) is 0 Å². The van der Waals surface area contributed by atoms with E-state index in [1.54, 1.807) is 0 Å². The van der Waals surface area contributed by atoms with Crippen molar-refractivity contribution in [3.8, 4) is 0 Å². The Balaban J connectivity index is 3.41. The van der Waals surface area contributed by atoms with Gasteiger partial charge in [0, 0.05) is 32.2 Å². The lowest BCUT2D eigenvalue weighted by Crippen LogP contribution is -2.41. The van der Waals surface area contributed by atoms with Gasteiger partial charge in [-0.15, -0.1) is 0 Å². The molecular weight excluding hydrogens is 260 g/mol. The van der Waals surface area contributed by atoms with E-state index in [1.807, 2.05) is 6.92 Å². The molecule has 2 amide bonds. The molecule has 0 saturated heterocycles. The van der Waals surface area contributed by atoms with Crippen LogP contribution in [-0.4, -0.2) is 42.9 Å². The normalized spacial score (nSPS) is 11.9. The van der Waals surface area contributed by atoms with E-state index >= 15 is 0 Å². The van der Waals surface area contributed by atoms with Crippen molar-refractivity contribution in [2.24, 2.45) is 0 Å². The summed E-state index contributed by atoms with van der Waals surface area (Å²) in [5.41, 5.74) is 0. The molecule has 6 heteroatoms. The lowest BCUT2D eigenvalue weighted by atomic mass is 10.1. The van der Waals surface area contributed by atoms with Crippen molar-refractivity contribution < 1.29 is 19.4 Å². The highest BCUT2D eigenvalue weighted by Gasteiger charge is 2.07. The van der Waals surface area contributed by atoms with Gasteiger partial charge in [-0.2, -0.15) is 0 Å². The molecule has 0 radical (unpaired) electrons. The molecule has 6 nitrogen and oxygen atoms in total. The fourth-order valence-corrected chi connectivity index (χ4v) is 1.63. The molecule has 0 aromatic heterocycles. The zero-order valence-electron chi connectivity index (χ0n) is 12.6. The molecule has 0 fully saturated rings. The number of ether oxygens (including phenoxy) is 1. The van der Waals surface area contributed by atoms with Gasteiger partial charge in [0.25, 0.3) is 0 Å². The Morgan fingerprint density at radius 3 is 2.55 bits per heavy atom. The van der Waals surface area contributed by atoms with Gasteiger partial charge in [-0.3, -0.25) is 4.79 Å². The van der Waals surface area contributed by atoms with Crippen molar-refractivity contribution in [1.82, 2.24) is 10.6 Å². The second kappa shape index (κ2) is 12.7. The minimum atomic E-state index is -0.801. The zero-order chi connectivity index (χ0) is 15.2. The largest absolute Gasteiger partial charge is 0.481 e. The van der Waals surface area contributed by atoms with Crippen molar-refractivity contribution >= 4 is 12.0 Å². The second-order valence-corrected chi connectivity index (χ2v) is 4.91. The molecule has 0 saturated carbocycles. The summed E-state index contributed by atoms with van der Waals surface area (Å²) in [5, 5.41) is 14.1. The topological polar surface area (TPSA) is 87.7 Å². The highest BCUT2D eigenvalue weighted by atomic mass is 16.5. The molecule has 3 N–H and O–H groups in total. The van der Waals surface area contributed by atoms with E-state index in [9.17, 15) is 9.59 Å². The number of hydrogen-bond donors (Lipinski definition) is 3. The number of aliphatic carboxylic acids is 1. The van der Waals surface area contributed by atoms with Gasteiger partial charge < -0.3 is 20.5 Å². The van der Waals surface area contributed by atoms with Gasteiger partial charge in [-0.05, 0) is 32.6 Å². The van der Waals surface area contributed by atoms with Crippen LogP contribution in [0.25, 0.3) is 0 Å². The first-order chi connectivity index (χ1) is 9.56. The Morgan fingerprint density at radius 1 is 1.20 bits per heavy atom.